The number of carbonyl (C=O) groups is 1. The smallest absolute Gasteiger partial charge is 0.222 e. The van der Waals surface area contributed by atoms with Gasteiger partial charge < -0.3 is 14.6 Å². The summed E-state index contributed by atoms with van der Waals surface area (Å²) in [7, 11) is 0. The van der Waals surface area contributed by atoms with Crippen molar-refractivity contribution < 1.29 is 9.53 Å². The molecule has 0 radical (unpaired) electrons. The summed E-state index contributed by atoms with van der Waals surface area (Å²) in [5.41, 5.74) is 1.99. The van der Waals surface area contributed by atoms with E-state index in [9.17, 15) is 4.79 Å². The van der Waals surface area contributed by atoms with Crippen LogP contribution in [-0.4, -0.2) is 22.1 Å². The van der Waals surface area contributed by atoms with Gasteiger partial charge in [0.05, 0.1) is 29.2 Å². The predicted molar refractivity (Wildman–Crippen MR) is 108 cm³/mol. The van der Waals surface area contributed by atoms with Gasteiger partial charge in [-0.1, -0.05) is 49.7 Å². The zero-order chi connectivity index (χ0) is 19.2. The van der Waals surface area contributed by atoms with Crippen LogP contribution in [0.1, 0.15) is 26.1 Å². The first-order valence-corrected chi connectivity index (χ1v) is 9.53. The van der Waals surface area contributed by atoms with E-state index in [4.69, 9.17) is 16.3 Å². The summed E-state index contributed by atoms with van der Waals surface area (Å²) in [4.78, 5) is 16.6. The van der Waals surface area contributed by atoms with Gasteiger partial charge in [0.1, 0.15) is 11.6 Å². The minimum atomic E-state index is -0.0492. The van der Waals surface area contributed by atoms with Gasteiger partial charge in [-0.2, -0.15) is 0 Å². The van der Waals surface area contributed by atoms with E-state index in [2.05, 4.69) is 14.9 Å². The Kier molecular flexibility index (Phi) is 6.35. The normalized spacial score (nSPS) is 11.1. The van der Waals surface area contributed by atoms with Gasteiger partial charge in [0, 0.05) is 12.5 Å². The van der Waals surface area contributed by atoms with Crippen LogP contribution in [0.2, 0.25) is 5.02 Å². The van der Waals surface area contributed by atoms with Crippen LogP contribution >= 0.6 is 11.6 Å². The second-order valence-electron chi connectivity index (χ2n) is 6.67. The van der Waals surface area contributed by atoms with Crippen molar-refractivity contribution in [2.45, 2.75) is 33.4 Å². The number of para-hydroxylation sites is 3. The highest BCUT2D eigenvalue weighted by Crippen LogP contribution is 2.23. The minimum absolute atomic E-state index is 0.0238. The maximum atomic E-state index is 11.9. The first-order valence-electron chi connectivity index (χ1n) is 9.15. The Morgan fingerprint density at radius 2 is 1.93 bits per heavy atom. The lowest BCUT2D eigenvalue weighted by Crippen LogP contribution is -2.28. The number of halogens is 1. The van der Waals surface area contributed by atoms with Crippen LogP contribution < -0.4 is 10.1 Å². The predicted octanol–water partition coefficient (Wildman–Crippen LogP) is 4.43. The van der Waals surface area contributed by atoms with E-state index in [1.807, 2.05) is 62.4 Å². The molecule has 3 rings (SSSR count). The lowest BCUT2D eigenvalue weighted by Gasteiger charge is -2.12. The molecule has 5 nitrogen and oxygen atoms in total. The molecular weight excluding hydrogens is 362 g/mol. The molecule has 3 aromatic rings. The van der Waals surface area contributed by atoms with E-state index < -0.39 is 0 Å². The van der Waals surface area contributed by atoms with Crippen molar-refractivity contribution in [3.8, 4) is 5.75 Å². The number of hydrogen-bond acceptors (Lipinski definition) is 3. The van der Waals surface area contributed by atoms with Crippen molar-refractivity contribution >= 4 is 28.5 Å². The summed E-state index contributed by atoms with van der Waals surface area (Å²) < 4.78 is 7.93. The molecule has 1 heterocycles. The molecule has 1 amide bonds. The third-order valence-corrected chi connectivity index (χ3v) is 4.61. The first kappa shape index (κ1) is 19.2. The molecule has 0 bridgehead atoms. The third-order valence-electron chi connectivity index (χ3n) is 4.30. The van der Waals surface area contributed by atoms with Crippen LogP contribution in [0.25, 0.3) is 11.0 Å². The monoisotopic (exact) mass is 385 g/mol. The van der Waals surface area contributed by atoms with Crippen LogP contribution in [-0.2, 0) is 17.9 Å². The molecule has 0 aliphatic heterocycles. The Morgan fingerprint density at radius 1 is 1.19 bits per heavy atom. The van der Waals surface area contributed by atoms with Crippen LogP contribution in [0.15, 0.2) is 48.5 Å². The summed E-state index contributed by atoms with van der Waals surface area (Å²) in [5.74, 6) is 1.52. The first-order chi connectivity index (χ1) is 13.1. The van der Waals surface area contributed by atoms with Crippen LogP contribution in [0.4, 0.5) is 0 Å². The van der Waals surface area contributed by atoms with Gasteiger partial charge in [-0.3, -0.25) is 4.79 Å². The fourth-order valence-electron chi connectivity index (χ4n) is 2.85. The van der Waals surface area contributed by atoms with E-state index in [1.54, 1.807) is 0 Å². The number of ether oxygens (including phenoxy) is 1. The Bertz CT molecular complexity index is 921. The number of imidazole rings is 1. The van der Waals surface area contributed by atoms with Crippen molar-refractivity contribution in [2.24, 2.45) is 5.92 Å². The van der Waals surface area contributed by atoms with Gasteiger partial charge in [0.15, 0.2) is 0 Å². The number of aryl methyl sites for hydroxylation is 1. The number of benzene rings is 2. The SMILES string of the molecule is CC(C)C(=O)NCc1nc2ccccc2n1CCCOc1ccccc1Cl. The summed E-state index contributed by atoms with van der Waals surface area (Å²) in [6.45, 7) is 5.47. The van der Waals surface area contributed by atoms with E-state index in [-0.39, 0.29) is 11.8 Å². The van der Waals surface area contributed by atoms with E-state index in [0.29, 0.717) is 23.9 Å². The third kappa shape index (κ3) is 4.80. The minimum Gasteiger partial charge on any atom is -0.492 e. The van der Waals surface area contributed by atoms with Gasteiger partial charge in [0.25, 0.3) is 0 Å². The molecule has 0 saturated heterocycles. The average Bonchev–Trinajstić information content (AvgIpc) is 3.02. The standard InChI is InChI=1S/C21H24ClN3O2/c1-15(2)21(26)23-14-20-24-17-9-4-5-10-18(17)25(20)12-7-13-27-19-11-6-3-8-16(19)22/h3-6,8-11,15H,7,12-14H2,1-2H3,(H,23,26). The summed E-state index contributed by atoms with van der Waals surface area (Å²) >= 11 is 6.12. The summed E-state index contributed by atoms with van der Waals surface area (Å²) in [6, 6.07) is 15.5. The van der Waals surface area contributed by atoms with Gasteiger partial charge in [-0.05, 0) is 30.7 Å². The molecule has 1 aromatic heterocycles. The topological polar surface area (TPSA) is 56.2 Å². The Morgan fingerprint density at radius 3 is 2.70 bits per heavy atom. The Balaban J connectivity index is 1.67. The number of fused-ring (bicyclic) bond motifs is 1. The summed E-state index contributed by atoms with van der Waals surface area (Å²) in [6.07, 6.45) is 0.802. The van der Waals surface area contributed by atoms with Crippen molar-refractivity contribution in [2.75, 3.05) is 6.61 Å². The maximum absolute atomic E-state index is 11.9. The number of rotatable bonds is 8. The molecule has 6 heteroatoms. The number of aromatic nitrogens is 2. The number of nitrogens with zero attached hydrogens (tertiary/aromatic N) is 2. The molecule has 2 aromatic carbocycles. The zero-order valence-corrected chi connectivity index (χ0v) is 16.4. The van der Waals surface area contributed by atoms with E-state index in [1.165, 1.54) is 0 Å². The van der Waals surface area contributed by atoms with Crippen molar-refractivity contribution in [3.05, 3.63) is 59.4 Å². The molecule has 0 saturated carbocycles. The van der Waals surface area contributed by atoms with Gasteiger partial charge in [-0.25, -0.2) is 4.98 Å². The number of carbonyl (C=O) groups excluding carboxylic acids is 1. The lowest BCUT2D eigenvalue weighted by atomic mass is 10.2. The largest absolute Gasteiger partial charge is 0.492 e. The molecule has 0 unspecified atom stereocenters. The Labute approximate surface area is 164 Å². The maximum Gasteiger partial charge on any atom is 0.222 e. The van der Waals surface area contributed by atoms with Gasteiger partial charge >= 0.3 is 0 Å². The average molecular weight is 386 g/mol. The highest BCUT2D eigenvalue weighted by Gasteiger charge is 2.13. The lowest BCUT2D eigenvalue weighted by molar-refractivity contribution is -0.124. The second-order valence-corrected chi connectivity index (χ2v) is 7.08. The number of amides is 1. The molecule has 0 aliphatic rings. The molecule has 27 heavy (non-hydrogen) atoms. The number of hydrogen-bond donors (Lipinski definition) is 1. The van der Waals surface area contributed by atoms with Crippen molar-refractivity contribution in [3.63, 3.8) is 0 Å². The van der Waals surface area contributed by atoms with Crippen molar-refractivity contribution in [1.82, 2.24) is 14.9 Å². The molecule has 0 fully saturated rings. The van der Waals surface area contributed by atoms with E-state index >= 15 is 0 Å². The van der Waals surface area contributed by atoms with Gasteiger partial charge in [-0.15, -0.1) is 0 Å². The van der Waals surface area contributed by atoms with Gasteiger partial charge in [0.2, 0.25) is 5.91 Å². The zero-order valence-electron chi connectivity index (χ0n) is 15.6. The molecule has 0 spiro atoms. The Hall–Kier alpha value is -2.53. The fourth-order valence-corrected chi connectivity index (χ4v) is 3.04. The second kappa shape index (κ2) is 8.91. The summed E-state index contributed by atoms with van der Waals surface area (Å²) in [5, 5.41) is 3.57. The number of nitrogens with one attached hydrogen (secondary N) is 1. The van der Waals surface area contributed by atoms with Crippen molar-refractivity contribution in [1.29, 1.82) is 0 Å². The van der Waals surface area contributed by atoms with Crippen LogP contribution in [0, 0.1) is 5.92 Å². The fraction of sp³-hybridized carbons (Fsp3) is 0.333. The molecule has 142 valence electrons. The van der Waals surface area contributed by atoms with E-state index in [0.717, 1.165) is 29.8 Å². The molecule has 0 aliphatic carbocycles. The highest BCUT2D eigenvalue weighted by molar-refractivity contribution is 6.32. The molecule has 0 atom stereocenters. The highest BCUT2D eigenvalue weighted by atomic mass is 35.5. The molecular formula is C21H24ClN3O2. The quantitative estimate of drug-likeness (QED) is 0.583. The molecule has 1 N–H and O–H groups in total. The van der Waals surface area contributed by atoms with Crippen LogP contribution in [0.3, 0.4) is 0 Å². The van der Waals surface area contributed by atoms with Crippen LogP contribution in [0.5, 0.6) is 5.75 Å².